The van der Waals surface area contributed by atoms with Crippen molar-refractivity contribution in [3.8, 4) is 0 Å². The minimum atomic E-state index is -0.314. The molecule has 2 aromatic heterocycles. The lowest BCUT2D eigenvalue weighted by Crippen LogP contribution is -2.16. The van der Waals surface area contributed by atoms with E-state index in [0.717, 1.165) is 16.5 Å². The summed E-state index contributed by atoms with van der Waals surface area (Å²) in [5, 5.41) is 8.98. The number of pyridine rings is 1. The monoisotopic (exact) mass is 300 g/mol. The zero-order chi connectivity index (χ0) is 15.0. The average Bonchev–Trinajstić information content (AvgIpc) is 2.77. The lowest BCUT2D eigenvalue weighted by molar-refractivity contribution is 0.102. The molecule has 0 aliphatic carbocycles. The first-order valence-corrected chi connectivity index (χ1v) is 6.79. The van der Waals surface area contributed by atoms with E-state index in [-0.39, 0.29) is 11.6 Å². The normalized spacial score (nSPS) is 10.8. The molecule has 3 rings (SSSR count). The van der Waals surface area contributed by atoms with Crippen molar-refractivity contribution in [2.24, 2.45) is 7.05 Å². The van der Waals surface area contributed by atoms with Crippen molar-refractivity contribution in [3.63, 3.8) is 0 Å². The van der Waals surface area contributed by atoms with E-state index in [1.165, 1.54) is 0 Å². The third-order valence-electron chi connectivity index (χ3n) is 3.17. The van der Waals surface area contributed by atoms with Crippen LogP contribution in [0.5, 0.6) is 0 Å². The standard InChI is InChI=1S/C15H13ClN4O/c1-9-7-13(20(2)19-9)18-15(21)12-8-10-5-3-4-6-11(10)14(16)17-12/h3-8H,1-2H3,(H,18,21). The molecular weight excluding hydrogens is 288 g/mol. The Morgan fingerprint density at radius 3 is 2.76 bits per heavy atom. The van der Waals surface area contributed by atoms with E-state index in [1.807, 2.05) is 31.2 Å². The number of fused-ring (bicyclic) bond motifs is 1. The second-order valence-electron chi connectivity index (χ2n) is 4.77. The lowest BCUT2D eigenvalue weighted by atomic mass is 10.1. The van der Waals surface area contributed by atoms with Gasteiger partial charge in [-0.1, -0.05) is 35.9 Å². The minimum Gasteiger partial charge on any atom is -0.305 e. The molecular formula is C15H13ClN4O. The van der Waals surface area contributed by atoms with Crippen LogP contribution in [-0.2, 0) is 7.05 Å². The number of benzene rings is 1. The number of nitrogens with zero attached hydrogens (tertiary/aromatic N) is 3. The van der Waals surface area contributed by atoms with Crippen molar-refractivity contribution in [2.75, 3.05) is 5.32 Å². The fourth-order valence-electron chi connectivity index (χ4n) is 2.18. The predicted molar refractivity (Wildman–Crippen MR) is 82.7 cm³/mol. The Morgan fingerprint density at radius 1 is 1.29 bits per heavy atom. The predicted octanol–water partition coefficient (Wildman–Crippen LogP) is 3.18. The van der Waals surface area contributed by atoms with Gasteiger partial charge in [0.1, 0.15) is 16.7 Å². The van der Waals surface area contributed by atoms with Gasteiger partial charge >= 0.3 is 0 Å². The SMILES string of the molecule is Cc1cc(NC(=O)c2cc3ccccc3c(Cl)n2)n(C)n1. The Morgan fingerprint density at radius 2 is 2.05 bits per heavy atom. The van der Waals surface area contributed by atoms with Crippen LogP contribution in [0.4, 0.5) is 5.82 Å². The van der Waals surface area contributed by atoms with Crippen LogP contribution in [-0.4, -0.2) is 20.7 Å². The number of anilines is 1. The first-order valence-electron chi connectivity index (χ1n) is 6.42. The molecule has 5 nitrogen and oxygen atoms in total. The maximum absolute atomic E-state index is 12.3. The first-order chi connectivity index (χ1) is 10.0. The van der Waals surface area contributed by atoms with Gasteiger partial charge in [0.15, 0.2) is 0 Å². The van der Waals surface area contributed by atoms with Crippen molar-refractivity contribution in [1.82, 2.24) is 14.8 Å². The topological polar surface area (TPSA) is 59.8 Å². The number of hydrogen-bond acceptors (Lipinski definition) is 3. The molecule has 106 valence electrons. The molecule has 21 heavy (non-hydrogen) atoms. The lowest BCUT2D eigenvalue weighted by Gasteiger charge is -2.06. The second kappa shape index (κ2) is 5.18. The molecule has 2 heterocycles. The van der Waals surface area contributed by atoms with Crippen molar-refractivity contribution in [2.45, 2.75) is 6.92 Å². The maximum Gasteiger partial charge on any atom is 0.275 e. The van der Waals surface area contributed by atoms with Gasteiger partial charge in [-0.2, -0.15) is 5.10 Å². The van der Waals surface area contributed by atoms with Gasteiger partial charge in [0, 0.05) is 18.5 Å². The van der Waals surface area contributed by atoms with E-state index in [4.69, 9.17) is 11.6 Å². The molecule has 0 unspecified atom stereocenters. The number of hydrogen-bond donors (Lipinski definition) is 1. The van der Waals surface area contributed by atoms with E-state index in [9.17, 15) is 4.79 Å². The van der Waals surface area contributed by atoms with Crippen molar-refractivity contribution in [1.29, 1.82) is 0 Å². The molecule has 0 saturated carbocycles. The van der Waals surface area contributed by atoms with Gasteiger partial charge in [-0.3, -0.25) is 9.48 Å². The van der Waals surface area contributed by atoms with Crippen LogP contribution < -0.4 is 5.32 Å². The van der Waals surface area contributed by atoms with Crippen molar-refractivity contribution in [3.05, 3.63) is 52.9 Å². The zero-order valence-corrected chi connectivity index (χ0v) is 12.3. The van der Waals surface area contributed by atoms with Gasteiger partial charge in [0.2, 0.25) is 0 Å². The smallest absolute Gasteiger partial charge is 0.275 e. The number of halogens is 1. The van der Waals surface area contributed by atoms with E-state index >= 15 is 0 Å². The van der Waals surface area contributed by atoms with Crippen molar-refractivity contribution < 1.29 is 4.79 Å². The fourth-order valence-corrected chi connectivity index (χ4v) is 2.44. The molecule has 0 atom stereocenters. The highest BCUT2D eigenvalue weighted by Crippen LogP contribution is 2.22. The summed E-state index contributed by atoms with van der Waals surface area (Å²) in [6, 6.07) is 11.1. The maximum atomic E-state index is 12.3. The highest BCUT2D eigenvalue weighted by molar-refractivity contribution is 6.34. The number of nitrogens with one attached hydrogen (secondary N) is 1. The van der Waals surface area contributed by atoms with E-state index in [2.05, 4.69) is 15.4 Å². The van der Waals surface area contributed by atoms with Crippen LogP contribution >= 0.6 is 11.6 Å². The number of carbonyl (C=O) groups excluding carboxylic acids is 1. The molecule has 1 aromatic carbocycles. The molecule has 0 radical (unpaired) electrons. The quantitative estimate of drug-likeness (QED) is 0.739. The fraction of sp³-hybridized carbons (Fsp3) is 0.133. The van der Waals surface area contributed by atoms with Crippen LogP contribution in [0, 0.1) is 6.92 Å². The molecule has 6 heteroatoms. The summed E-state index contributed by atoms with van der Waals surface area (Å²) in [6.07, 6.45) is 0. The Labute approximate surface area is 126 Å². The summed E-state index contributed by atoms with van der Waals surface area (Å²) < 4.78 is 1.61. The molecule has 3 aromatic rings. The van der Waals surface area contributed by atoms with Crippen LogP contribution in [0.3, 0.4) is 0 Å². The highest BCUT2D eigenvalue weighted by Gasteiger charge is 2.13. The van der Waals surface area contributed by atoms with Gasteiger partial charge in [-0.25, -0.2) is 4.98 Å². The van der Waals surface area contributed by atoms with Gasteiger partial charge in [-0.15, -0.1) is 0 Å². The van der Waals surface area contributed by atoms with E-state index in [0.29, 0.717) is 11.0 Å². The number of aromatic nitrogens is 3. The van der Waals surface area contributed by atoms with E-state index < -0.39 is 0 Å². The number of rotatable bonds is 2. The molecule has 1 amide bonds. The number of amides is 1. The summed E-state index contributed by atoms with van der Waals surface area (Å²) >= 11 is 6.14. The molecule has 0 aliphatic rings. The third kappa shape index (κ3) is 2.60. The number of carbonyl (C=O) groups is 1. The molecule has 0 fully saturated rings. The van der Waals surface area contributed by atoms with Gasteiger partial charge < -0.3 is 5.32 Å². The van der Waals surface area contributed by atoms with Crippen LogP contribution in [0.1, 0.15) is 16.2 Å². The highest BCUT2D eigenvalue weighted by atomic mass is 35.5. The first kappa shape index (κ1) is 13.6. The zero-order valence-electron chi connectivity index (χ0n) is 11.6. The Bertz CT molecular complexity index is 841. The van der Waals surface area contributed by atoms with Gasteiger partial charge in [0.05, 0.1) is 5.69 Å². The van der Waals surface area contributed by atoms with E-state index in [1.54, 1.807) is 23.9 Å². The van der Waals surface area contributed by atoms with Crippen LogP contribution in [0.15, 0.2) is 36.4 Å². The summed E-state index contributed by atoms with van der Waals surface area (Å²) in [4.78, 5) is 16.5. The minimum absolute atomic E-state index is 0.276. The summed E-state index contributed by atoms with van der Waals surface area (Å²) in [5.74, 6) is 0.300. The van der Waals surface area contributed by atoms with Crippen LogP contribution in [0.25, 0.3) is 10.8 Å². The average molecular weight is 301 g/mol. The third-order valence-corrected chi connectivity index (χ3v) is 3.46. The summed E-state index contributed by atoms with van der Waals surface area (Å²) in [6.45, 7) is 1.86. The van der Waals surface area contributed by atoms with Gasteiger partial charge in [-0.05, 0) is 18.4 Å². The molecule has 0 aliphatic heterocycles. The summed E-state index contributed by atoms with van der Waals surface area (Å²) in [5.41, 5.74) is 1.11. The summed E-state index contributed by atoms with van der Waals surface area (Å²) in [7, 11) is 1.77. The molecule has 0 saturated heterocycles. The Balaban J connectivity index is 1.96. The van der Waals surface area contributed by atoms with Gasteiger partial charge in [0.25, 0.3) is 5.91 Å². The molecule has 1 N–H and O–H groups in total. The second-order valence-corrected chi connectivity index (χ2v) is 5.13. The Hall–Kier alpha value is -2.40. The largest absolute Gasteiger partial charge is 0.305 e. The molecule has 0 bridgehead atoms. The van der Waals surface area contributed by atoms with Crippen LogP contribution in [0.2, 0.25) is 5.15 Å². The number of aryl methyl sites for hydroxylation is 2. The molecule has 0 spiro atoms. The Kier molecular flexibility index (Phi) is 3.35. The van der Waals surface area contributed by atoms with Crippen molar-refractivity contribution >= 4 is 34.1 Å².